The van der Waals surface area contributed by atoms with Crippen LogP contribution in [0.5, 0.6) is 0 Å². The minimum atomic E-state index is -0.443. The lowest BCUT2D eigenvalue weighted by molar-refractivity contribution is -0.141. The van der Waals surface area contributed by atoms with Gasteiger partial charge < -0.3 is 15.4 Å². The number of methoxy groups -OCH3 is 1. The average Bonchev–Trinajstić information content (AvgIpc) is 2.60. The summed E-state index contributed by atoms with van der Waals surface area (Å²) in [4.78, 5) is 35.2. The number of carbonyl (C=O) groups is 3. The molecule has 0 saturated carbocycles. The highest BCUT2D eigenvalue weighted by Crippen LogP contribution is 2.15. The van der Waals surface area contributed by atoms with Crippen LogP contribution in [0, 0.1) is 6.92 Å². The van der Waals surface area contributed by atoms with E-state index in [1.54, 1.807) is 24.3 Å². The Balaban J connectivity index is 1.99. The van der Waals surface area contributed by atoms with Gasteiger partial charge in [-0.25, -0.2) is 0 Å². The molecule has 2 rings (SSSR count). The number of benzene rings is 2. The first-order chi connectivity index (χ1) is 12.0. The number of carbonyl (C=O) groups excluding carboxylic acids is 3. The quantitative estimate of drug-likeness (QED) is 0.791. The smallest absolute Gasteiger partial charge is 0.306 e. The molecule has 0 aliphatic rings. The minimum Gasteiger partial charge on any atom is -0.469 e. The molecule has 6 heteroatoms. The third-order valence-electron chi connectivity index (χ3n) is 3.47. The number of hydrogen-bond acceptors (Lipinski definition) is 4. The zero-order valence-corrected chi connectivity index (χ0v) is 14.2. The van der Waals surface area contributed by atoms with Gasteiger partial charge in [0.1, 0.15) is 0 Å². The van der Waals surface area contributed by atoms with Crippen LogP contribution in [-0.2, 0) is 14.3 Å². The predicted molar refractivity (Wildman–Crippen MR) is 95.5 cm³/mol. The van der Waals surface area contributed by atoms with Gasteiger partial charge in [-0.15, -0.1) is 0 Å². The number of aryl methyl sites for hydroxylation is 1. The number of ether oxygens (including phenoxy) is 1. The van der Waals surface area contributed by atoms with Gasteiger partial charge >= 0.3 is 5.97 Å². The van der Waals surface area contributed by atoms with Crippen molar-refractivity contribution in [1.82, 2.24) is 0 Å². The molecule has 0 radical (unpaired) electrons. The Bertz CT molecular complexity index is 786. The van der Waals surface area contributed by atoms with Crippen molar-refractivity contribution in [3.63, 3.8) is 0 Å². The molecule has 0 aliphatic carbocycles. The van der Waals surface area contributed by atoms with Crippen molar-refractivity contribution in [2.45, 2.75) is 19.8 Å². The van der Waals surface area contributed by atoms with Crippen molar-refractivity contribution in [2.24, 2.45) is 0 Å². The number of anilines is 2. The molecule has 25 heavy (non-hydrogen) atoms. The van der Waals surface area contributed by atoms with Crippen LogP contribution in [0.15, 0.2) is 48.5 Å². The van der Waals surface area contributed by atoms with Gasteiger partial charge in [-0.3, -0.25) is 14.4 Å². The molecular weight excluding hydrogens is 320 g/mol. The summed E-state index contributed by atoms with van der Waals surface area (Å²) in [6, 6.07) is 14.1. The standard InChI is InChI=1S/C19H20N2O4/c1-13-5-3-7-15(11-13)21-19(24)14-6-4-8-16(12-14)20-17(22)9-10-18(23)25-2/h3-8,11-12H,9-10H2,1-2H3,(H,20,22)(H,21,24). The second-order valence-electron chi connectivity index (χ2n) is 5.53. The predicted octanol–water partition coefficient (Wildman–Crippen LogP) is 3.14. The number of esters is 1. The van der Waals surface area contributed by atoms with Crippen LogP contribution >= 0.6 is 0 Å². The highest BCUT2D eigenvalue weighted by atomic mass is 16.5. The van der Waals surface area contributed by atoms with Crippen LogP contribution in [0.4, 0.5) is 11.4 Å². The molecular formula is C19H20N2O4. The summed E-state index contributed by atoms with van der Waals surface area (Å²) >= 11 is 0. The lowest BCUT2D eigenvalue weighted by Gasteiger charge is -2.09. The first-order valence-corrected chi connectivity index (χ1v) is 7.82. The normalized spacial score (nSPS) is 10.0. The van der Waals surface area contributed by atoms with Gasteiger partial charge in [-0.05, 0) is 42.8 Å². The van der Waals surface area contributed by atoms with Gasteiger partial charge in [0.2, 0.25) is 5.91 Å². The summed E-state index contributed by atoms with van der Waals surface area (Å²) in [7, 11) is 1.27. The van der Waals surface area contributed by atoms with Gasteiger partial charge in [-0.1, -0.05) is 18.2 Å². The van der Waals surface area contributed by atoms with E-state index in [2.05, 4.69) is 15.4 Å². The summed E-state index contributed by atoms with van der Waals surface area (Å²) in [5, 5.41) is 5.48. The van der Waals surface area contributed by atoms with E-state index < -0.39 is 5.97 Å². The molecule has 0 bridgehead atoms. The van der Waals surface area contributed by atoms with Gasteiger partial charge in [0, 0.05) is 23.4 Å². The molecule has 2 aromatic carbocycles. The van der Waals surface area contributed by atoms with E-state index >= 15 is 0 Å². The lowest BCUT2D eigenvalue weighted by atomic mass is 10.1. The number of rotatable bonds is 6. The summed E-state index contributed by atoms with van der Waals surface area (Å²) in [5.41, 5.74) is 2.67. The van der Waals surface area contributed by atoms with Gasteiger partial charge in [0.25, 0.3) is 5.91 Å². The molecule has 0 atom stereocenters. The van der Waals surface area contributed by atoms with E-state index in [1.165, 1.54) is 7.11 Å². The van der Waals surface area contributed by atoms with Gasteiger partial charge in [0.05, 0.1) is 13.5 Å². The SMILES string of the molecule is COC(=O)CCC(=O)Nc1cccc(C(=O)Nc2cccc(C)c2)c1. The van der Waals surface area contributed by atoms with Crippen molar-refractivity contribution in [1.29, 1.82) is 0 Å². The number of amides is 2. The van der Waals surface area contributed by atoms with E-state index in [9.17, 15) is 14.4 Å². The zero-order valence-electron chi connectivity index (χ0n) is 14.2. The molecule has 6 nitrogen and oxygen atoms in total. The van der Waals surface area contributed by atoms with Crippen LogP contribution < -0.4 is 10.6 Å². The zero-order chi connectivity index (χ0) is 18.2. The van der Waals surface area contributed by atoms with Crippen molar-refractivity contribution in [3.8, 4) is 0 Å². The maximum atomic E-state index is 12.3. The van der Waals surface area contributed by atoms with Gasteiger partial charge in [-0.2, -0.15) is 0 Å². The molecule has 0 fully saturated rings. The van der Waals surface area contributed by atoms with Crippen molar-refractivity contribution < 1.29 is 19.1 Å². The lowest BCUT2D eigenvalue weighted by Crippen LogP contribution is -2.15. The third-order valence-corrected chi connectivity index (χ3v) is 3.47. The Kier molecular flexibility index (Phi) is 6.28. The van der Waals surface area contributed by atoms with Crippen LogP contribution in [0.1, 0.15) is 28.8 Å². The minimum absolute atomic E-state index is 0.00979. The van der Waals surface area contributed by atoms with E-state index in [0.717, 1.165) is 5.56 Å². The monoisotopic (exact) mass is 340 g/mol. The average molecular weight is 340 g/mol. The number of hydrogen-bond donors (Lipinski definition) is 2. The Hall–Kier alpha value is -3.15. The molecule has 2 aromatic rings. The fourth-order valence-corrected chi connectivity index (χ4v) is 2.21. The molecule has 0 saturated heterocycles. The second kappa shape index (κ2) is 8.63. The van der Waals surface area contributed by atoms with Crippen LogP contribution in [0.3, 0.4) is 0 Å². The fourth-order valence-electron chi connectivity index (χ4n) is 2.21. The molecule has 0 heterocycles. The van der Waals surface area contributed by atoms with Crippen molar-refractivity contribution in [2.75, 3.05) is 17.7 Å². The molecule has 0 spiro atoms. The van der Waals surface area contributed by atoms with E-state index in [-0.39, 0.29) is 24.7 Å². The highest BCUT2D eigenvalue weighted by molar-refractivity contribution is 6.05. The summed E-state index contributed by atoms with van der Waals surface area (Å²) in [6.45, 7) is 1.94. The Morgan fingerprint density at radius 1 is 0.920 bits per heavy atom. The van der Waals surface area contributed by atoms with E-state index in [4.69, 9.17) is 0 Å². The van der Waals surface area contributed by atoms with Crippen LogP contribution in [0.2, 0.25) is 0 Å². The summed E-state index contributed by atoms with van der Waals surface area (Å²) in [5.74, 6) is -1.03. The summed E-state index contributed by atoms with van der Waals surface area (Å²) in [6.07, 6.45) is 0.0300. The highest BCUT2D eigenvalue weighted by Gasteiger charge is 2.10. The fraction of sp³-hybridized carbons (Fsp3) is 0.211. The topological polar surface area (TPSA) is 84.5 Å². The van der Waals surface area contributed by atoms with Gasteiger partial charge in [0.15, 0.2) is 0 Å². The third kappa shape index (κ3) is 5.76. The maximum absolute atomic E-state index is 12.3. The molecule has 2 amide bonds. The molecule has 130 valence electrons. The molecule has 0 unspecified atom stereocenters. The van der Waals surface area contributed by atoms with Crippen molar-refractivity contribution in [3.05, 3.63) is 59.7 Å². The van der Waals surface area contributed by atoms with E-state index in [0.29, 0.717) is 16.9 Å². The molecule has 0 aromatic heterocycles. The Morgan fingerprint density at radius 2 is 1.60 bits per heavy atom. The molecule has 0 aliphatic heterocycles. The van der Waals surface area contributed by atoms with Crippen molar-refractivity contribution >= 4 is 29.2 Å². The maximum Gasteiger partial charge on any atom is 0.306 e. The Morgan fingerprint density at radius 3 is 2.28 bits per heavy atom. The van der Waals surface area contributed by atoms with Crippen LogP contribution in [-0.4, -0.2) is 24.9 Å². The first kappa shape index (κ1) is 18.2. The first-order valence-electron chi connectivity index (χ1n) is 7.82. The number of nitrogens with one attached hydrogen (secondary N) is 2. The largest absolute Gasteiger partial charge is 0.469 e. The summed E-state index contributed by atoms with van der Waals surface area (Å²) < 4.78 is 4.49. The van der Waals surface area contributed by atoms with E-state index in [1.807, 2.05) is 31.2 Å². The Labute approximate surface area is 146 Å². The molecule has 2 N–H and O–H groups in total. The van der Waals surface area contributed by atoms with Crippen LogP contribution in [0.25, 0.3) is 0 Å². The second-order valence-corrected chi connectivity index (χ2v) is 5.53.